The predicted octanol–water partition coefficient (Wildman–Crippen LogP) is 1.65. The van der Waals surface area contributed by atoms with Crippen molar-refractivity contribution in [1.29, 1.82) is 0 Å². The van der Waals surface area contributed by atoms with E-state index in [1.54, 1.807) is 6.20 Å². The van der Waals surface area contributed by atoms with E-state index in [9.17, 15) is 4.79 Å². The summed E-state index contributed by atoms with van der Waals surface area (Å²) in [6.45, 7) is 10.9. The predicted molar refractivity (Wildman–Crippen MR) is 81.1 cm³/mol. The highest BCUT2D eigenvalue weighted by Gasteiger charge is 2.27. The molecule has 3 atom stereocenters. The summed E-state index contributed by atoms with van der Waals surface area (Å²) >= 11 is 0. The monoisotopic (exact) mass is 294 g/mol. The molecule has 1 aliphatic heterocycles. The number of hydrogen-bond acceptors (Lipinski definition) is 3. The molecule has 1 aliphatic rings. The van der Waals surface area contributed by atoms with E-state index in [-0.39, 0.29) is 18.2 Å². The van der Waals surface area contributed by atoms with Crippen LogP contribution in [-0.2, 0) is 11.3 Å². The number of hydrogen-bond donors (Lipinski definition) is 1. The van der Waals surface area contributed by atoms with Crippen LogP contribution >= 0.6 is 0 Å². The molecule has 1 saturated heterocycles. The Kier molecular flexibility index (Phi) is 5.22. The Balaban J connectivity index is 1.79. The van der Waals surface area contributed by atoms with Crippen molar-refractivity contribution in [3.8, 4) is 0 Å². The minimum atomic E-state index is 0.00635. The van der Waals surface area contributed by atoms with Gasteiger partial charge in [0.05, 0.1) is 18.8 Å². The maximum Gasteiger partial charge on any atom is 0.317 e. The van der Waals surface area contributed by atoms with E-state index in [2.05, 4.69) is 21.8 Å². The van der Waals surface area contributed by atoms with Gasteiger partial charge in [0.25, 0.3) is 0 Å². The summed E-state index contributed by atoms with van der Waals surface area (Å²) in [5.74, 6) is 1.36. The normalized spacial score (nSPS) is 23.9. The summed E-state index contributed by atoms with van der Waals surface area (Å²) in [5, 5.41) is 3.03. The molecule has 21 heavy (non-hydrogen) atoms. The number of ether oxygens (including phenoxy) is 1. The molecule has 2 rings (SSSR count). The van der Waals surface area contributed by atoms with Crippen LogP contribution in [0, 0.1) is 12.8 Å². The minimum absolute atomic E-state index is 0.00635. The van der Waals surface area contributed by atoms with Gasteiger partial charge < -0.3 is 19.5 Å². The molecule has 3 unspecified atom stereocenters. The van der Waals surface area contributed by atoms with Gasteiger partial charge in [0, 0.05) is 32.0 Å². The lowest BCUT2D eigenvalue weighted by Crippen LogP contribution is -2.54. The lowest BCUT2D eigenvalue weighted by atomic mass is 10.1. The quantitative estimate of drug-likeness (QED) is 0.918. The molecule has 0 spiro atoms. The number of carbonyl (C=O) groups is 1. The maximum atomic E-state index is 12.3. The van der Waals surface area contributed by atoms with Crippen LogP contribution < -0.4 is 5.32 Å². The van der Waals surface area contributed by atoms with Crippen molar-refractivity contribution in [2.45, 2.75) is 46.4 Å². The van der Waals surface area contributed by atoms with Gasteiger partial charge in [0.15, 0.2) is 0 Å². The average Bonchev–Trinajstić information content (AvgIpc) is 2.84. The number of imidazole rings is 1. The number of aryl methyl sites for hydroxylation is 1. The fraction of sp³-hybridized carbons (Fsp3) is 0.733. The van der Waals surface area contributed by atoms with Crippen molar-refractivity contribution >= 4 is 6.03 Å². The first-order valence-electron chi connectivity index (χ1n) is 7.61. The number of amides is 2. The van der Waals surface area contributed by atoms with Gasteiger partial charge in [-0.1, -0.05) is 6.92 Å². The molecule has 1 fully saturated rings. The molecule has 0 bridgehead atoms. The van der Waals surface area contributed by atoms with Crippen molar-refractivity contribution in [2.75, 3.05) is 19.7 Å². The number of nitrogens with zero attached hydrogens (tertiary/aromatic N) is 3. The lowest BCUT2D eigenvalue weighted by molar-refractivity contribution is -0.0318. The first kappa shape index (κ1) is 15.8. The third-order valence-electron chi connectivity index (χ3n) is 3.90. The molecule has 1 N–H and O–H groups in total. The molecular weight excluding hydrogens is 268 g/mol. The summed E-state index contributed by atoms with van der Waals surface area (Å²) in [5.41, 5.74) is 0. The van der Waals surface area contributed by atoms with Gasteiger partial charge in [-0.3, -0.25) is 0 Å². The van der Waals surface area contributed by atoms with E-state index < -0.39 is 0 Å². The number of urea groups is 1. The van der Waals surface area contributed by atoms with Crippen LogP contribution in [0.5, 0.6) is 0 Å². The first-order valence-corrected chi connectivity index (χ1v) is 7.61. The van der Waals surface area contributed by atoms with Gasteiger partial charge in [0.2, 0.25) is 0 Å². The van der Waals surface area contributed by atoms with Crippen LogP contribution in [0.3, 0.4) is 0 Å². The second kappa shape index (κ2) is 6.93. The van der Waals surface area contributed by atoms with E-state index in [0.29, 0.717) is 25.6 Å². The van der Waals surface area contributed by atoms with Gasteiger partial charge >= 0.3 is 6.03 Å². The molecule has 2 amide bonds. The highest BCUT2D eigenvalue weighted by Crippen LogP contribution is 2.11. The summed E-state index contributed by atoms with van der Waals surface area (Å²) in [4.78, 5) is 18.3. The third kappa shape index (κ3) is 4.20. The number of carbonyl (C=O) groups excluding carboxylic acids is 1. The fourth-order valence-electron chi connectivity index (χ4n) is 2.55. The lowest BCUT2D eigenvalue weighted by Gasteiger charge is -2.36. The van der Waals surface area contributed by atoms with Crippen molar-refractivity contribution in [1.82, 2.24) is 19.8 Å². The molecule has 0 aliphatic carbocycles. The topological polar surface area (TPSA) is 59.4 Å². The molecule has 0 saturated carbocycles. The maximum absolute atomic E-state index is 12.3. The van der Waals surface area contributed by atoms with Crippen LogP contribution in [-0.4, -0.2) is 52.3 Å². The van der Waals surface area contributed by atoms with Gasteiger partial charge in [-0.25, -0.2) is 9.78 Å². The molecule has 1 aromatic heterocycles. The second-order valence-corrected chi connectivity index (χ2v) is 6.06. The number of nitrogens with one attached hydrogen (secondary N) is 1. The van der Waals surface area contributed by atoms with Crippen molar-refractivity contribution < 1.29 is 9.53 Å². The Labute approximate surface area is 126 Å². The summed E-state index contributed by atoms with van der Waals surface area (Å²) in [7, 11) is 0. The Hall–Kier alpha value is -1.56. The van der Waals surface area contributed by atoms with E-state index in [0.717, 1.165) is 12.4 Å². The van der Waals surface area contributed by atoms with Crippen molar-refractivity contribution in [2.24, 2.45) is 5.92 Å². The fourth-order valence-corrected chi connectivity index (χ4v) is 2.55. The number of aromatic nitrogens is 2. The largest absolute Gasteiger partial charge is 0.375 e. The zero-order valence-electron chi connectivity index (χ0n) is 13.4. The van der Waals surface area contributed by atoms with Crippen LogP contribution in [0.4, 0.5) is 4.79 Å². The van der Waals surface area contributed by atoms with Crippen LogP contribution in [0.1, 0.15) is 26.6 Å². The van der Waals surface area contributed by atoms with E-state index >= 15 is 0 Å². The van der Waals surface area contributed by atoms with Crippen LogP contribution in [0.2, 0.25) is 0 Å². The summed E-state index contributed by atoms with van der Waals surface area (Å²) < 4.78 is 7.65. The zero-order valence-corrected chi connectivity index (χ0v) is 13.4. The van der Waals surface area contributed by atoms with Crippen molar-refractivity contribution in [3.63, 3.8) is 0 Å². The van der Waals surface area contributed by atoms with E-state index in [4.69, 9.17) is 4.74 Å². The molecule has 6 heteroatoms. The minimum Gasteiger partial charge on any atom is -0.375 e. The Bertz CT molecular complexity index is 474. The van der Waals surface area contributed by atoms with Gasteiger partial charge in [0.1, 0.15) is 5.82 Å². The second-order valence-electron chi connectivity index (χ2n) is 6.06. The SMILES string of the molecule is Cc1nccn1CC(C)CNC(=O)N1CC(C)OCC1C. The van der Waals surface area contributed by atoms with E-state index in [1.165, 1.54) is 0 Å². The average molecular weight is 294 g/mol. The number of rotatable bonds is 4. The molecule has 0 radical (unpaired) electrons. The standard InChI is InChI=1S/C15H26N4O2/c1-11(8-18-6-5-16-14(18)4)7-17-15(20)19-9-13(3)21-10-12(19)2/h5-6,11-13H,7-10H2,1-4H3,(H,17,20). The third-order valence-corrected chi connectivity index (χ3v) is 3.90. The van der Waals surface area contributed by atoms with Gasteiger partial charge in [-0.15, -0.1) is 0 Å². The van der Waals surface area contributed by atoms with E-state index in [1.807, 2.05) is 31.9 Å². The Morgan fingerprint density at radius 1 is 1.57 bits per heavy atom. The molecule has 2 heterocycles. The zero-order chi connectivity index (χ0) is 15.4. The van der Waals surface area contributed by atoms with Crippen LogP contribution in [0.15, 0.2) is 12.4 Å². The highest BCUT2D eigenvalue weighted by molar-refractivity contribution is 5.74. The van der Waals surface area contributed by atoms with Crippen LogP contribution in [0.25, 0.3) is 0 Å². The summed E-state index contributed by atoms with van der Waals surface area (Å²) in [6, 6.07) is 0.138. The van der Waals surface area contributed by atoms with Gasteiger partial charge in [-0.05, 0) is 26.7 Å². The molecule has 118 valence electrons. The smallest absolute Gasteiger partial charge is 0.317 e. The van der Waals surface area contributed by atoms with Crippen molar-refractivity contribution in [3.05, 3.63) is 18.2 Å². The van der Waals surface area contributed by atoms with Gasteiger partial charge in [-0.2, -0.15) is 0 Å². The Morgan fingerprint density at radius 2 is 2.33 bits per heavy atom. The Morgan fingerprint density at radius 3 is 3.00 bits per heavy atom. The first-order chi connectivity index (χ1) is 9.97. The molecule has 0 aromatic carbocycles. The summed E-state index contributed by atoms with van der Waals surface area (Å²) in [6.07, 6.45) is 3.88. The molecular formula is C15H26N4O2. The molecule has 1 aromatic rings. The highest BCUT2D eigenvalue weighted by atomic mass is 16.5. The molecule has 6 nitrogen and oxygen atoms in total. The number of morpholine rings is 1.